The number of carboxylic acids is 1. The second kappa shape index (κ2) is 4.67. The highest BCUT2D eigenvalue weighted by Crippen LogP contribution is 2.62. The Bertz CT molecular complexity index is 523. The van der Waals surface area contributed by atoms with Crippen LogP contribution in [0.5, 0.6) is 0 Å². The third-order valence-electron chi connectivity index (χ3n) is 6.51. The molecule has 0 aliphatic heterocycles. The number of allylic oxidation sites excluding steroid dienone is 1. The van der Waals surface area contributed by atoms with E-state index in [1.54, 1.807) is 6.08 Å². The van der Waals surface area contributed by atoms with Crippen molar-refractivity contribution in [2.75, 3.05) is 0 Å². The van der Waals surface area contributed by atoms with Crippen LogP contribution in [0.2, 0.25) is 0 Å². The standard InChI is InChI=1S/C17H24O4/c1-16-6-3-7-17(2,15(20)21)14(16)9-13(19)11-8-10(18)4-5-12(11)16/h8,12-14,19H,3-7,9H2,1-2H3,(H,20,21)/t12-,13+,14+,16+,17+/m0/s1. The van der Waals surface area contributed by atoms with Crippen molar-refractivity contribution in [3.63, 3.8) is 0 Å². The van der Waals surface area contributed by atoms with Gasteiger partial charge in [0.25, 0.3) is 0 Å². The van der Waals surface area contributed by atoms with E-state index in [0.717, 1.165) is 24.8 Å². The van der Waals surface area contributed by atoms with Crippen LogP contribution in [0.15, 0.2) is 11.6 Å². The Hall–Kier alpha value is -1.16. The highest BCUT2D eigenvalue weighted by Gasteiger charge is 2.59. The van der Waals surface area contributed by atoms with Crippen molar-refractivity contribution < 1.29 is 19.8 Å². The number of fused-ring (bicyclic) bond motifs is 3. The van der Waals surface area contributed by atoms with Gasteiger partial charge in [0, 0.05) is 6.42 Å². The quantitative estimate of drug-likeness (QED) is 0.779. The highest BCUT2D eigenvalue weighted by molar-refractivity contribution is 5.91. The fraction of sp³-hybridized carbons (Fsp3) is 0.765. The van der Waals surface area contributed by atoms with Gasteiger partial charge in [0.15, 0.2) is 5.78 Å². The minimum absolute atomic E-state index is 0.0263. The van der Waals surface area contributed by atoms with Gasteiger partial charge in [-0.3, -0.25) is 9.59 Å². The van der Waals surface area contributed by atoms with Crippen molar-refractivity contribution in [3.8, 4) is 0 Å². The number of carboxylic acid groups (broad SMARTS) is 1. The first-order valence-corrected chi connectivity index (χ1v) is 7.95. The van der Waals surface area contributed by atoms with Crippen molar-refractivity contribution in [2.24, 2.45) is 22.7 Å². The summed E-state index contributed by atoms with van der Waals surface area (Å²) in [5.74, 6) is -0.520. The van der Waals surface area contributed by atoms with Crippen molar-refractivity contribution in [1.29, 1.82) is 0 Å². The SMILES string of the molecule is C[C@]12CCC[C@@](C)(C(=O)O)[C@@H]1C[C@@H](O)C1=CC(=O)CC[C@@H]12. The summed E-state index contributed by atoms with van der Waals surface area (Å²) in [6.45, 7) is 4.02. The lowest BCUT2D eigenvalue weighted by Crippen LogP contribution is -2.56. The van der Waals surface area contributed by atoms with E-state index >= 15 is 0 Å². The van der Waals surface area contributed by atoms with Crippen LogP contribution in [0.3, 0.4) is 0 Å². The molecule has 2 N–H and O–H groups in total. The smallest absolute Gasteiger partial charge is 0.309 e. The van der Waals surface area contributed by atoms with E-state index in [2.05, 4.69) is 6.92 Å². The van der Waals surface area contributed by atoms with Gasteiger partial charge in [-0.1, -0.05) is 13.3 Å². The lowest BCUT2D eigenvalue weighted by Gasteiger charge is -2.59. The number of carbonyl (C=O) groups excluding carboxylic acids is 1. The zero-order valence-corrected chi connectivity index (χ0v) is 12.8. The van der Waals surface area contributed by atoms with Crippen LogP contribution >= 0.6 is 0 Å². The highest BCUT2D eigenvalue weighted by atomic mass is 16.4. The van der Waals surface area contributed by atoms with Gasteiger partial charge >= 0.3 is 5.97 Å². The Morgan fingerprint density at radius 2 is 2.05 bits per heavy atom. The minimum atomic E-state index is -0.763. The van der Waals surface area contributed by atoms with E-state index < -0.39 is 17.5 Å². The van der Waals surface area contributed by atoms with Crippen LogP contribution < -0.4 is 0 Å². The van der Waals surface area contributed by atoms with Crippen LogP contribution in [0.4, 0.5) is 0 Å². The average molecular weight is 292 g/mol. The Morgan fingerprint density at radius 1 is 1.33 bits per heavy atom. The van der Waals surface area contributed by atoms with Crippen molar-refractivity contribution >= 4 is 11.8 Å². The van der Waals surface area contributed by atoms with Gasteiger partial charge in [0.1, 0.15) is 0 Å². The van der Waals surface area contributed by atoms with Gasteiger partial charge in [0.2, 0.25) is 0 Å². The van der Waals surface area contributed by atoms with E-state index in [9.17, 15) is 19.8 Å². The number of rotatable bonds is 1. The zero-order valence-electron chi connectivity index (χ0n) is 12.8. The van der Waals surface area contributed by atoms with E-state index in [0.29, 0.717) is 19.3 Å². The summed E-state index contributed by atoms with van der Waals surface area (Å²) in [4.78, 5) is 23.5. The molecule has 0 radical (unpaired) electrons. The predicted molar refractivity (Wildman–Crippen MR) is 77.6 cm³/mol. The molecular formula is C17H24O4. The topological polar surface area (TPSA) is 74.6 Å². The molecule has 0 bridgehead atoms. The van der Waals surface area contributed by atoms with E-state index in [1.165, 1.54) is 0 Å². The first-order chi connectivity index (χ1) is 9.79. The molecule has 4 nitrogen and oxygen atoms in total. The summed E-state index contributed by atoms with van der Waals surface area (Å²) in [6, 6.07) is 0. The normalized spacial score (nSPS) is 46.3. The van der Waals surface area contributed by atoms with Crippen LogP contribution in [0.25, 0.3) is 0 Å². The molecule has 0 unspecified atom stereocenters. The van der Waals surface area contributed by atoms with Crippen LogP contribution in [-0.2, 0) is 9.59 Å². The summed E-state index contributed by atoms with van der Waals surface area (Å²) >= 11 is 0. The van der Waals surface area contributed by atoms with Crippen molar-refractivity contribution in [3.05, 3.63) is 11.6 Å². The second-order valence-electron chi connectivity index (χ2n) is 7.59. The Balaban J connectivity index is 2.06. The number of carbonyl (C=O) groups is 2. The first-order valence-electron chi connectivity index (χ1n) is 7.95. The maximum absolute atomic E-state index is 11.8. The van der Waals surface area contributed by atoms with E-state index in [4.69, 9.17) is 0 Å². The summed E-state index contributed by atoms with van der Waals surface area (Å²) in [6.07, 6.45) is 5.29. The molecule has 5 atom stereocenters. The van der Waals surface area contributed by atoms with E-state index in [1.807, 2.05) is 6.92 Å². The fourth-order valence-corrected chi connectivity index (χ4v) is 5.33. The lowest BCUT2D eigenvalue weighted by atomic mass is 9.45. The van der Waals surface area contributed by atoms with Gasteiger partial charge in [-0.05, 0) is 61.5 Å². The fourth-order valence-electron chi connectivity index (χ4n) is 5.33. The summed E-state index contributed by atoms with van der Waals surface area (Å²) in [7, 11) is 0. The molecule has 21 heavy (non-hydrogen) atoms. The summed E-state index contributed by atoms with van der Waals surface area (Å²) < 4.78 is 0. The molecule has 0 aromatic carbocycles. The Kier molecular flexibility index (Phi) is 3.28. The van der Waals surface area contributed by atoms with E-state index in [-0.39, 0.29) is 23.0 Å². The second-order valence-corrected chi connectivity index (χ2v) is 7.59. The van der Waals surface area contributed by atoms with Crippen molar-refractivity contribution in [2.45, 2.75) is 58.5 Å². The summed E-state index contributed by atoms with van der Waals surface area (Å²) in [5, 5.41) is 20.2. The lowest BCUT2D eigenvalue weighted by molar-refractivity contribution is -0.168. The van der Waals surface area contributed by atoms with Gasteiger partial charge in [-0.2, -0.15) is 0 Å². The molecule has 116 valence electrons. The van der Waals surface area contributed by atoms with Crippen molar-refractivity contribution in [1.82, 2.24) is 0 Å². The van der Waals surface area contributed by atoms with Gasteiger partial charge in [-0.15, -0.1) is 0 Å². The minimum Gasteiger partial charge on any atom is -0.481 e. The Morgan fingerprint density at radius 3 is 2.71 bits per heavy atom. The monoisotopic (exact) mass is 292 g/mol. The number of aliphatic carboxylic acids is 1. The molecule has 3 aliphatic rings. The van der Waals surface area contributed by atoms with Gasteiger partial charge in [-0.25, -0.2) is 0 Å². The molecule has 0 spiro atoms. The number of hydrogen-bond acceptors (Lipinski definition) is 3. The molecule has 2 saturated carbocycles. The summed E-state index contributed by atoms with van der Waals surface area (Å²) in [5.41, 5.74) is -0.0161. The zero-order chi connectivity index (χ0) is 15.4. The molecule has 3 rings (SSSR count). The van der Waals surface area contributed by atoms with Gasteiger partial charge < -0.3 is 10.2 Å². The average Bonchev–Trinajstić information content (AvgIpc) is 2.41. The maximum Gasteiger partial charge on any atom is 0.309 e. The molecule has 0 aromatic heterocycles. The molecule has 2 fully saturated rings. The third kappa shape index (κ3) is 1.99. The largest absolute Gasteiger partial charge is 0.481 e. The van der Waals surface area contributed by atoms with Crippen LogP contribution in [0.1, 0.15) is 52.4 Å². The molecular weight excluding hydrogens is 268 g/mol. The molecule has 4 heteroatoms. The number of aliphatic hydroxyl groups is 1. The van der Waals surface area contributed by atoms with Gasteiger partial charge in [0.05, 0.1) is 11.5 Å². The molecule has 0 aromatic rings. The molecule has 0 saturated heterocycles. The number of hydrogen-bond donors (Lipinski definition) is 2. The Labute approximate surface area is 125 Å². The molecule has 0 heterocycles. The number of ketones is 1. The first kappa shape index (κ1) is 14.8. The third-order valence-corrected chi connectivity index (χ3v) is 6.51. The van der Waals surface area contributed by atoms with Crippen LogP contribution in [-0.4, -0.2) is 28.1 Å². The maximum atomic E-state index is 11.8. The molecule has 3 aliphatic carbocycles. The number of aliphatic hydroxyl groups excluding tert-OH is 1. The predicted octanol–water partition coefficient (Wildman–Crippen LogP) is 2.55. The van der Waals surface area contributed by atoms with Crippen LogP contribution in [0, 0.1) is 22.7 Å². The molecule has 0 amide bonds.